The lowest BCUT2D eigenvalue weighted by Crippen LogP contribution is -2.34. The molecule has 0 spiro atoms. The third-order valence-electron chi connectivity index (χ3n) is 5.43. The van der Waals surface area contributed by atoms with Crippen molar-refractivity contribution in [2.75, 3.05) is 0 Å². The Kier molecular flexibility index (Phi) is 7.08. The van der Waals surface area contributed by atoms with Gasteiger partial charge in [0.15, 0.2) is 0 Å². The molecule has 0 fully saturated rings. The number of aryl methyl sites for hydroxylation is 1. The van der Waals surface area contributed by atoms with Crippen LogP contribution in [0.25, 0.3) is 0 Å². The quantitative estimate of drug-likeness (QED) is 0.146. The zero-order chi connectivity index (χ0) is 27.5. The van der Waals surface area contributed by atoms with Gasteiger partial charge in [0.25, 0.3) is 11.4 Å². The summed E-state index contributed by atoms with van der Waals surface area (Å²) in [4.78, 5) is 20.6. The summed E-state index contributed by atoms with van der Waals surface area (Å²) in [5, 5.41) is 21.9. The minimum absolute atomic E-state index is 0.0617. The van der Waals surface area contributed by atoms with Gasteiger partial charge < -0.3 is 9.47 Å². The fourth-order valence-electron chi connectivity index (χ4n) is 3.40. The number of ether oxygens (including phenoxy) is 2. The number of sulfone groups is 1. The van der Waals surface area contributed by atoms with Crippen LogP contribution in [0.5, 0.6) is 11.5 Å². The maximum Gasteiger partial charge on any atom is 0.437 e. The summed E-state index contributed by atoms with van der Waals surface area (Å²) >= 11 is 0. The molecule has 0 atom stereocenters. The minimum atomic E-state index is -3.89. The molecule has 0 N–H and O–H groups in total. The highest BCUT2D eigenvalue weighted by molar-refractivity contribution is 7.91. The summed E-state index contributed by atoms with van der Waals surface area (Å²) in [7, 11) is -3.89. The lowest BCUT2D eigenvalue weighted by molar-refractivity contribution is -0.385. The monoisotopic (exact) mass is 538 g/mol. The molecule has 0 saturated carbocycles. The first-order valence-electron chi connectivity index (χ1n) is 11.0. The van der Waals surface area contributed by atoms with Crippen molar-refractivity contribution in [3.05, 3.63) is 128 Å². The smallest absolute Gasteiger partial charge is 0.423 e. The Morgan fingerprint density at radius 1 is 0.658 bits per heavy atom. The van der Waals surface area contributed by atoms with Gasteiger partial charge in [0.1, 0.15) is 11.5 Å². The summed E-state index contributed by atoms with van der Waals surface area (Å²) in [6.45, 7) is 1.82. The second-order valence-electron chi connectivity index (χ2n) is 8.08. The number of nitro groups is 2. The summed E-state index contributed by atoms with van der Waals surface area (Å²) in [6.07, 6.45) is 0. The Balaban J connectivity index is 1.69. The van der Waals surface area contributed by atoms with Crippen molar-refractivity contribution in [2.24, 2.45) is 0 Å². The van der Waals surface area contributed by atoms with E-state index in [-0.39, 0.29) is 38.2 Å². The predicted molar refractivity (Wildman–Crippen MR) is 133 cm³/mol. The van der Waals surface area contributed by atoms with Crippen LogP contribution < -0.4 is 9.47 Å². The number of hydrogen-bond donors (Lipinski definition) is 0. The van der Waals surface area contributed by atoms with Gasteiger partial charge in [0.2, 0.25) is 9.84 Å². The van der Waals surface area contributed by atoms with Crippen LogP contribution in [0.4, 0.5) is 15.8 Å². The van der Waals surface area contributed by atoms with Gasteiger partial charge in [0.05, 0.1) is 25.2 Å². The Hall–Kier alpha value is -4.84. The molecule has 4 aromatic rings. The molecule has 4 rings (SSSR count). The Bertz CT molecular complexity index is 1510. The van der Waals surface area contributed by atoms with E-state index in [0.717, 1.165) is 42.0 Å². The number of alkyl halides is 1. The minimum Gasteiger partial charge on any atom is -0.423 e. The van der Waals surface area contributed by atoms with E-state index >= 15 is 4.39 Å². The molecule has 0 amide bonds. The molecular formula is C26H19FN2O8S. The Morgan fingerprint density at radius 2 is 1.03 bits per heavy atom. The molecule has 0 saturated heterocycles. The van der Waals surface area contributed by atoms with Gasteiger partial charge in [0, 0.05) is 24.3 Å². The maximum atomic E-state index is 16.3. The van der Waals surface area contributed by atoms with Crippen LogP contribution in [0.2, 0.25) is 0 Å². The van der Waals surface area contributed by atoms with Crippen molar-refractivity contribution >= 4 is 21.2 Å². The van der Waals surface area contributed by atoms with Crippen LogP contribution in [-0.4, -0.2) is 18.3 Å². The van der Waals surface area contributed by atoms with Crippen molar-refractivity contribution < 1.29 is 32.1 Å². The van der Waals surface area contributed by atoms with E-state index in [1.165, 1.54) is 48.5 Å². The first-order chi connectivity index (χ1) is 18.0. The summed E-state index contributed by atoms with van der Waals surface area (Å²) in [5.74, 6) is -0.257. The SMILES string of the molecule is Cc1ccc(S(=O)(=O)c2ccc(C(F)(Oc3ccc([N+](=O)[O-])cc3)Oc3ccc([N+](=O)[O-])cc3)cc2)cc1. The number of non-ortho nitro benzene ring substituents is 2. The molecule has 38 heavy (non-hydrogen) atoms. The van der Waals surface area contributed by atoms with Gasteiger partial charge in [-0.1, -0.05) is 17.7 Å². The zero-order valence-corrected chi connectivity index (χ0v) is 20.5. The van der Waals surface area contributed by atoms with Crippen LogP contribution in [0.3, 0.4) is 0 Å². The van der Waals surface area contributed by atoms with Crippen LogP contribution >= 0.6 is 0 Å². The number of nitrogens with zero attached hydrogens (tertiary/aromatic N) is 2. The molecule has 0 aliphatic heterocycles. The normalized spacial score (nSPS) is 11.5. The van der Waals surface area contributed by atoms with Crippen molar-refractivity contribution in [3.8, 4) is 11.5 Å². The summed E-state index contributed by atoms with van der Waals surface area (Å²) in [6, 6.07) is 17.0. The van der Waals surface area contributed by atoms with Crippen LogP contribution in [0, 0.1) is 27.2 Å². The van der Waals surface area contributed by atoms with Crippen LogP contribution in [0.15, 0.2) is 107 Å². The molecule has 194 valence electrons. The molecule has 4 aromatic carbocycles. The molecule has 0 aliphatic carbocycles. The van der Waals surface area contributed by atoms with E-state index in [2.05, 4.69) is 0 Å². The molecule has 0 unspecified atom stereocenters. The van der Waals surface area contributed by atoms with E-state index in [1.807, 2.05) is 6.92 Å². The van der Waals surface area contributed by atoms with Crippen molar-refractivity contribution in [1.29, 1.82) is 0 Å². The largest absolute Gasteiger partial charge is 0.437 e. The van der Waals surface area contributed by atoms with E-state index in [4.69, 9.17) is 9.47 Å². The Morgan fingerprint density at radius 3 is 1.39 bits per heavy atom. The number of halogens is 1. The molecule has 0 radical (unpaired) electrons. The average molecular weight is 539 g/mol. The van der Waals surface area contributed by atoms with Crippen molar-refractivity contribution in [3.63, 3.8) is 0 Å². The number of hydrogen-bond acceptors (Lipinski definition) is 8. The first kappa shape index (κ1) is 26.2. The highest BCUT2D eigenvalue weighted by Gasteiger charge is 2.39. The highest BCUT2D eigenvalue weighted by Crippen LogP contribution is 2.35. The van der Waals surface area contributed by atoms with Crippen LogP contribution in [0.1, 0.15) is 11.1 Å². The van der Waals surface area contributed by atoms with Gasteiger partial charge >= 0.3 is 6.04 Å². The lowest BCUT2D eigenvalue weighted by atomic mass is 10.2. The van der Waals surface area contributed by atoms with Crippen molar-refractivity contribution in [2.45, 2.75) is 22.8 Å². The second kappa shape index (κ2) is 10.3. The number of rotatable bonds is 9. The third kappa shape index (κ3) is 5.60. The van der Waals surface area contributed by atoms with Gasteiger partial charge in [-0.15, -0.1) is 0 Å². The van der Waals surface area contributed by atoms with Gasteiger partial charge in [-0.2, -0.15) is 4.39 Å². The molecule has 0 aliphatic rings. The molecule has 0 aromatic heterocycles. The summed E-state index contributed by atoms with van der Waals surface area (Å²) in [5.41, 5.74) is 0.151. The third-order valence-corrected chi connectivity index (χ3v) is 7.22. The van der Waals surface area contributed by atoms with Gasteiger partial charge in [-0.3, -0.25) is 20.2 Å². The van der Waals surface area contributed by atoms with Gasteiger partial charge in [-0.25, -0.2) is 8.42 Å². The number of nitro benzene ring substituents is 2. The van der Waals surface area contributed by atoms with E-state index < -0.39 is 25.7 Å². The van der Waals surface area contributed by atoms with E-state index in [1.54, 1.807) is 12.1 Å². The van der Waals surface area contributed by atoms with Crippen molar-refractivity contribution in [1.82, 2.24) is 0 Å². The van der Waals surface area contributed by atoms with Crippen LogP contribution in [-0.2, 0) is 15.9 Å². The molecule has 0 heterocycles. The van der Waals surface area contributed by atoms with Gasteiger partial charge in [-0.05, 0) is 67.6 Å². The fourth-order valence-corrected chi connectivity index (χ4v) is 4.66. The molecular weight excluding hydrogens is 519 g/mol. The maximum absolute atomic E-state index is 16.3. The fraction of sp³-hybridized carbons (Fsp3) is 0.0769. The summed E-state index contributed by atoms with van der Waals surface area (Å²) < 4.78 is 53.2. The van der Waals surface area contributed by atoms with E-state index in [0.29, 0.717) is 0 Å². The molecule has 10 nitrogen and oxygen atoms in total. The standard InChI is InChI=1S/C26H19FN2O8S/c1-18-2-14-24(15-3-18)38(34,35)25-16-4-19(5-17-25)26(27,36-22-10-6-20(7-11-22)28(30)31)37-23-12-8-21(9-13-23)29(32)33/h2-17H,1H3. The predicted octanol–water partition coefficient (Wildman–Crippen LogP) is 5.88. The Labute approximate surface area is 216 Å². The molecule has 0 bridgehead atoms. The highest BCUT2D eigenvalue weighted by atomic mass is 32.2. The average Bonchev–Trinajstić information content (AvgIpc) is 2.89. The first-order valence-corrected chi connectivity index (χ1v) is 12.4. The molecule has 12 heteroatoms. The lowest BCUT2D eigenvalue weighted by Gasteiger charge is -2.27. The van der Waals surface area contributed by atoms with E-state index in [9.17, 15) is 28.6 Å². The second-order valence-corrected chi connectivity index (χ2v) is 10.0. The zero-order valence-electron chi connectivity index (χ0n) is 19.7. The number of benzene rings is 4. The topological polar surface area (TPSA) is 139 Å².